The number of aromatic nitrogens is 1. The number of amides is 1. The molecule has 1 atom stereocenters. The van der Waals surface area contributed by atoms with Gasteiger partial charge in [0.15, 0.2) is 15.0 Å². The van der Waals surface area contributed by atoms with Gasteiger partial charge in [-0.05, 0) is 17.7 Å². The average molecular weight is 365 g/mol. The second kappa shape index (κ2) is 6.18. The summed E-state index contributed by atoms with van der Waals surface area (Å²) in [5.74, 6) is -0.133. The topological polar surface area (TPSA) is 79.4 Å². The molecule has 1 aromatic heterocycles. The number of carbonyl (C=O) groups excluding carboxylic acids is 1. The Morgan fingerprint density at radius 1 is 1.25 bits per heavy atom. The van der Waals surface area contributed by atoms with Gasteiger partial charge in [0.25, 0.3) is 0 Å². The van der Waals surface area contributed by atoms with E-state index in [1.807, 2.05) is 19.0 Å². The lowest BCUT2D eigenvalue weighted by atomic mass is 9.94. The van der Waals surface area contributed by atoms with Crippen molar-refractivity contribution in [1.82, 2.24) is 10.3 Å². The molecule has 6 nitrogen and oxygen atoms in total. The van der Waals surface area contributed by atoms with E-state index in [0.717, 1.165) is 21.3 Å². The van der Waals surface area contributed by atoms with Crippen molar-refractivity contribution in [3.05, 3.63) is 40.4 Å². The number of sulfone groups is 1. The summed E-state index contributed by atoms with van der Waals surface area (Å²) in [6.07, 6.45) is 1.52. The molecule has 8 heteroatoms. The molecule has 1 N–H and O–H groups in total. The molecule has 1 aliphatic heterocycles. The van der Waals surface area contributed by atoms with Crippen LogP contribution in [-0.4, -0.2) is 39.7 Å². The van der Waals surface area contributed by atoms with E-state index in [9.17, 15) is 13.2 Å². The maximum atomic E-state index is 12.0. The third-order valence-electron chi connectivity index (χ3n) is 3.97. The van der Waals surface area contributed by atoms with Crippen LogP contribution in [0.3, 0.4) is 0 Å². The minimum absolute atomic E-state index is 0.0243. The quantitative estimate of drug-likeness (QED) is 0.897. The van der Waals surface area contributed by atoms with Crippen LogP contribution in [0.25, 0.3) is 0 Å². The normalized spacial score (nSPS) is 17.8. The lowest BCUT2D eigenvalue weighted by Gasteiger charge is -2.14. The van der Waals surface area contributed by atoms with Gasteiger partial charge in [-0.1, -0.05) is 12.1 Å². The summed E-state index contributed by atoms with van der Waals surface area (Å²) < 4.78 is 23.3. The molecule has 0 radical (unpaired) electrons. The van der Waals surface area contributed by atoms with Crippen molar-refractivity contribution >= 4 is 32.2 Å². The highest BCUT2D eigenvalue weighted by Gasteiger charge is 2.28. The van der Waals surface area contributed by atoms with Gasteiger partial charge in [-0.15, -0.1) is 11.3 Å². The van der Waals surface area contributed by atoms with Gasteiger partial charge in [-0.25, -0.2) is 13.4 Å². The van der Waals surface area contributed by atoms with Crippen LogP contribution in [0.5, 0.6) is 0 Å². The summed E-state index contributed by atoms with van der Waals surface area (Å²) in [4.78, 5) is 19.9. The zero-order valence-corrected chi connectivity index (χ0v) is 15.4. The predicted molar refractivity (Wildman–Crippen MR) is 94.3 cm³/mol. The molecule has 0 spiro atoms. The van der Waals surface area contributed by atoms with Gasteiger partial charge >= 0.3 is 0 Å². The first kappa shape index (κ1) is 16.9. The Labute approximate surface area is 145 Å². The number of carbonyl (C=O) groups is 1. The second-order valence-corrected chi connectivity index (χ2v) is 9.10. The van der Waals surface area contributed by atoms with Crippen molar-refractivity contribution in [2.75, 3.05) is 25.3 Å². The molecule has 0 unspecified atom stereocenters. The van der Waals surface area contributed by atoms with E-state index >= 15 is 0 Å². The number of nitrogens with zero attached hydrogens (tertiary/aromatic N) is 2. The van der Waals surface area contributed by atoms with Gasteiger partial charge in [0.2, 0.25) is 5.91 Å². The Morgan fingerprint density at radius 2 is 1.92 bits per heavy atom. The van der Waals surface area contributed by atoms with Crippen LogP contribution < -0.4 is 10.2 Å². The lowest BCUT2D eigenvalue weighted by Crippen LogP contribution is -2.21. The zero-order chi connectivity index (χ0) is 17.5. The number of rotatable bonds is 3. The Bertz CT molecular complexity index is 870. The smallest absolute Gasteiger partial charge is 0.221 e. The first-order valence-corrected chi connectivity index (χ1v) is 10.2. The van der Waals surface area contributed by atoms with E-state index in [1.54, 1.807) is 35.6 Å². The number of nitrogens with one attached hydrogen (secondary N) is 1. The van der Waals surface area contributed by atoms with E-state index in [-0.39, 0.29) is 16.7 Å². The standard InChI is InChI=1S/C16H19N3O3S2/c1-19(2)16-18-13-9-17-14(20)8-12(15(13)23-16)10-4-6-11(7-5-10)24(3,21)22/h4-7,12H,8-9H2,1-3H3,(H,17,20)/t12-/m0/s1. The number of hydrogen-bond donors (Lipinski definition) is 1. The Hall–Kier alpha value is -1.93. The van der Waals surface area contributed by atoms with Crippen molar-refractivity contribution in [1.29, 1.82) is 0 Å². The van der Waals surface area contributed by atoms with Gasteiger partial charge in [0.05, 0.1) is 17.1 Å². The van der Waals surface area contributed by atoms with Crippen molar-refractivity contribution < 1.29 is 13.2 Å². The number of thiazole rings is 1. The van der Waals surface area contributed by atoms with E-state index in [1.165, 1.54) is 6.26 Å². The van der Waals surface area contributed by atoms with E-state index in [0.29, 0.717) is 13.0 Å². The summed E-state index contributed by atoms with van der Waals surface area (Å²) in [5, 5.41) is 3.78. The molecule has 0 bridgehead atoms. The maximum absolute atomic E-state index is 12.0. The number of hydrogen-bond acceptors (Lipinski definition) is 6. The average Bonchev–Trinajstić information content (AvgIpc) is 2.88. The molecule has 1 aromatic carbocycles. The number of anilines is 1. The van der Waals surface area contributed by atoms with Crippen LogP contribution in [0.2, 0.25) is 0 Å². The molecule has 1 aliphatic rings. The summed E-state index contributed by atoms with van der Waals surface area (Å²) in [5.41, 5.74) is 1.81. The fourth-order valence-electron chi connectivity index (χ4n) is 2.69. The van der Waals surface area contributed by atoms with Gasteiger partial charge < -0.3 is 10.2 Å². The summed E-state index contributed by atoms with van der Waals surface area (Å²) in [6.45, 7) is 0.427. The van der Waals surface area contributed by atoms with Gasteiger partial charge in [-0.3, -0.25) is 4.79 Å². The van der Waals surface area contributed by atoms with E-state index in [2.05, 4.69) is 10.3 Å². The zero-order valence-electron chi connectivity index (χ0n) is 13.7. The third-order valence-corrected chi connectivity index (χ3v) is 6.48. The van der Waals surface area contributed by atoms with Gasteiger partial charge in [0.1, 0.15) is 0 Å². The van der Waals surface area contributed by atoms with Gasteiger partial charge in [-0.2, -0.15) is 0 Å². The SMILES string of the molecule is CN(C)c1nc2c(s1)[C@H](c1ccc(S(C)(=O)=O)cc1)CC(=O)NC2. The van der Waals surface area contributed by atoms with Crippen LogP contribution in [0.4, 0.5) is 5.13 Å². The van der Waals surface area contributed by atoms with Crippen LogP contribution in [0, 0.1) is 0 Å². The van der Waals surface area contributed by atoms with Crippen LogP contribution in [0.15, 0.2) is 29.2 Å². The largest absolute Gasteiger partial charge is 0.354 e. The van der Waals surface area contributed by atoms with Crippen molar-refractivity contribution in [3.63, 3.8) is 0 Å². The minimum Gasteiger partial charge on any atom is -0.354 e. The summed E-state index contributed by atoms with van der Waals surface area (Å²) in [6, 6.07) is 6.78. The first-order chi connectivity index (χ1) is 11.3. The molecular formula is C16H19N3O3S2. The Morgan fingerprint density at radius 3 is 2.50 bits per heavy atom. The first-order valence-electron chi connectivity index (χ1n) is 7.49. The monoisotopic (exact) mass is 365 g/mol. The highest BCUT2D eigenvalue weighted by molar-refractivity contribution is 7.90. The Kier molecular flexibility index (Phi) is 4.35. The fraction of sp³-hybridized carbons (Fsp3) is 0.375. The predicted octanol–water partition coefficient (Wildman–Crippen LogP) is 1.76. The second-order valence-electron chi connectivity index (χ2n) is 6.08. The summed E-state index contributed by atoms with van der Waals surface area (Å²) >= 11 is 1.58. The Balaban J connectivity index is 2.04. The van der Waals surface area contributed by atoms with Crippen molar-refractivity contribution in [2.45, 2.75) is 23.8 Å². The summed E-state index contributed by atoms with van der Waals surface area (Å²) in [7, 11) is 0.643. The van der Waals surface area contributed by atoms with Crippen molar-refractivity contribution in [3.8, 4) is 0 Å². The number of fused-ring (bicyclic) bond motifs is 1. The molecule has 24 heavy (non-hydrogen) atoms. The highest BCUT2D eigenvalue weighted by Crippen LogP contribution is 2.39. The lowest BCUT2D eigenvalue weighted by molar-refractivity contribution is -0.121. The fourth-order valence-corrected chi connectivity index (χ4v) is 4.45. The molecule has 2 aromatic rings. The molecule has 0 saturated heterocycles. The molecule has 3 rings (SSSR count). The van der Waals surface area contributed by atoms with Gasteiger partial charge in [0, 0.05) is 37.6 Å². The third kappa shape index (κ3) is 3.29. The molecule has 0 aliphatic carbocycles. The minimum atomic E-state index is -3.23. The molecule has 0 fully saturated rings. The van der Waals surface area contributed by atoms with Crippen LogP contribution in [-0.2, 0) is 21.2 Å². The van der Waals surface area contributed by atoms with Crippen molar-refractivity contribution in [2.24, 2.45) is 0 Å². The molecule has 1 amide bonds. The molecule has 128 valence electrons. The molecule has 0 saturated carbocycles. The number of benzene rings is 1. The van der Waals surface area contributed by atoms with E-state index < -0.39 is 9.84 Å². The van der Waals surface area contributed by atoms with Crippen LogP contribution in [0.1, 0.15) is 28.5 Å². The van der Waals surface area contributed by atoms with Crippen LogP contribution >= 0.6 is 11.3 Å². The molecular weight excluding hydrogens is 346 g/mol. The highest BCUT2D eigenvalue weighted by atomic mass is 32.2. The van der Waals surface area contributed by atoms with E-state index in [4.69, 9.17) is 0 Å². The molecule has 2 heterocycles. The maximum Gasteiger partial charge on any atom is 0.221 e.